The predicted molar refractivity (Wildman–Crippen MR) is 51.2 cm³/mol. The van der Waals surface area contributed by atoms with Crippen LogP contribution in [0.15, 0.2) is 16.8 Å². The van der Waals surface area contributed by atoms with E-state index in [9.17, 15) is 0 Å². The molecule has 0 amide bonds. The molecule has 0 unspecified atom stereocenters. The van der Waals surface area contributed by atoms with E-state index in [2.05, 4.69) is 5.10 Å². The highest BCUT2D eigenvalue weighted by Crippen LogP contribution is 2.09. The molecule has 0 aliphatic carbocycles. The van der Waals surface area contributed by atoms with Crippen molar-refractivity contribution in [1.29, 1.82) is 0 Å². The van der Waals surface area contributed by atoms with Crippen molar-refractivity contribution in [3.8, 4) is 0 Å². The van der Waals surface area contributed by atoms with Crippen LogP contribution in [0.1, 0.15) is 5.56 Å². The SMILES string of the molecule is Cc1cn(CC=C(Cl)Cl)nc1N. The highest BCUT2D eigenvalue weighted by Gasteiger charge is 1.98. The van der Waals surface area contributed by atoms with E-state index in [-0.39, 0.29) is 4.49 Å². The van der Waals surface area contributed by atoms with Gasteiger partial charge < -0.3 is 5.73 Å². The number of rotatable bonds is 2. The second kappa shape index (κ2) is 3.83. The number of nitrogens with zero attached hydrogens (tertiary/aromatic N) is 2. The van der Waals surface area contributed by atoms with E-state index in [0.717, 1.165) is 5.56 Å². The Morgan fingerprint density at radius 3 is 2.83 bits per heavy atom. The molecule has 1 aromatic rings. The molecule has 0 bridgehead atoms. The minimum atomic E-state index is 0.238. The third-order valence-electron chi connectivity index (χ3n) is 1.42. The first kappa shape index (κ1) is 9.42. The zero-order valence-electron chi connectivity index (χ0n) is 6.59. The quantitative estimate of drug-likeness (QED) is 0.804. The van der Waals surface area contributed by atoms with Crippen molar-refractivity contribution >= 4 is 29.0 Å². The van der Waals surface area contributed by atoms with Gasteiger partial charge in [0.1, 0.15) is 10.3 Å². The molecule has 1 rings (SSSR count). The van der Waals surface area contributed by atoms with Crippen LogP contribution in [0.4, 0.5) is 5.82 Å². The molecule has 1 heterocycles. The lowest BCUT2D eigenvalue weighted by molar-refractivity contribution is 0.705. The van der Waals surface area contributed by atoms with Crippen molar-refractivity contribution in [3.63, 3.8) is 0 Å². The summed E-state index contributed by atoms with van der Waals surface area (Å²) >= 11 is 10.9. The molecule has 3 nitrogen and oxygen atoms in total. The fourth-order valence-electron chi connectivity index (χ4n) is 0.792. The Morgan fingerprint density at radius 1 is 1.75 bits per heavy atom. The number of halogens is 2. The van der Waals surface area contributed by atoms with E-state index < -0.39 is 0 Å². The summed E-state index contributed by atoms with van der Waals surface area (Å²) < 4.78 is 1.91. The van der Waals surface area contributed by atoms with E-state index >= 15 is 0 Å². The molecule has 0 fully saturated rings. The summed E-state index contributed by atoms with van der Waals surface area (Å²) in [6, 6.07) is 0. The van der Waals surface area contributed by atoms with Gasteiger partial charge in [0.25, 0.3) is 0 Å². The number of aromatic nitrogens is 2. The van der Waals surface area contributed by atoms with Crippen molar-refractivity contribution in [2.45, 2.75) is 13.5 Å². The fraction of sp³-hybridized carbons (Fsp3) is 0.286. The summed E-state index contributed by atoms with van der Waals surface area (Å²) in [5.41, 5.74) is 6.48. The highest BCUT2D eigenvalue weighted by molar-refractivity contribution is 6.55. The lowest BCUT2D eigenvalue weighted by Crippen LogP contribution is -1.96. The van der Waals surface area contributed by atoms with Crippen molar-refractivity contribution in [2.75, 3.05) is 5.73 Å². The molecule has 2 N–H and O–H groups in total. The van der Waals surface area contributed by atoms with Crippen LogP contribution < -0.4 is 5.73 Å². The molecule has 0 aliphatic rings. The molecular weight excluding hydrogens is 197 g/mol. The van der Waals surface area contributed by atoms with E-state index in [1.807, 2.05) is 13.1 Å². The second-order valence-corrected chi connectivity index (χ2v) is 3.42. The number of nitrogen functional groups attached to an aromatic ring is 1. The average Bonchev–Trinajstić information content (AvgIpc) is 2.28. The van der Waals surface area contributed by atoms with Crippen molar-refractivity contribution in [1.82, 2.24) is 9.78 Å². The van der Waals surface area contributed by atoms with Crippen LogP contribution in [0, 0.1) is 6.92 Å². The zero-order chi connectivity index (χ0) is 9.14. The summed E-state index contributed by atoms with van der Waals surface area (Å²) in [7, 11) is 0. The minimum Gasteiger partial charge on any atom is -0.382 e. The standard InChI is InChI=1S/C7H9Cl2N3/c1-5-4-12(11-7(5)10)3-2-6(8)9/h2,4H,3H2,1H3,(H2,10,11). The van der Waals surface area contributed by atoms with Crippen LogP contribution in [0.5, 0.6) is 0 Å². The Balaban J connectivity index is 2.71. The van der Waals surface area contributed by atoms with E-state index in [1.54, 1.807) is 10.8 Å². The summed E-state index contributed by atoms with van der Waals surface area (Å²) in [4.78, 5) is 0. The first-order valence-corrected chi connectivity index (χ1v) is 4.16. The maximum atomic E-state index is 5.53. The van der Waals surface area contributed by atoms with Gasteiger partial charge in [-0.25, -0.2) is 0 Å². The van der Waals surface area contributed by atoms with Crippen LogP contribution in [0.25, 0.3) is 0 Å². The van der Waals surface area contributed by atoms with Gasteiger partial charge in [-0.2, -0.15) is 5.10 Å². The van der Waals surface area contributed by atoms with E-state index in [0.29, 0.717) is 12.4 Å². The number of aryl methyl sites for hydroxylation is 1. The largest absolute Gasteiger partial charge is 0.382 e. The molecule has 5 heteroatoms. The molecule has 66 valence electrons. The average molecular weight is 206 g/mol. The number of anilines is 1. The molecule has 1 aromatic heterocycles. The lowest BCUT2D eigenvalue weighted by atomic mass is 10.4. The first-order valence-electron chi connectivity index (χ1n) is 3.40. The number of nitrogens with two attached hydrogens (primary N) is 1. The number of hydrogen-bond acceptors (Lipinski definition) is 2. The predicted octanol–water partition coefficient (Wildman–Crippen LogP) is 2.09. The maximum absolute atomic E-state index is 5.53. The third-order valence-corrected chi connectivity index (χ3v) is 1.72. The Morgan fingerprint density at radius 2 is 2.42 bits per heavy atom. The Hall–Kier alpha value is -0.670. The molecule has 0 aromatic carbocycles. The first-order chi connectivity index (χ1) is 5.59. The summed E-state index contributed by atoms with van der Waals surface area (Å²) in [5.74, 6) is 0.536. The topological polar surface area (TPSA) is 43.8 Å². The van der Waals surface area contributed by atoms with Gasteiger partial charge in [0.15, 0.2) is 0 Å². The molecule has 0 saturated carbocycles. The van der Waals surface area contributed by atoms with Gasteiger partial charge in [0.2, 0.25) is 0 Å². The van der Waals surface area contributed by atoms with Crippen molar-refractivity contribution in [2.24, 2.45) is 0 Å². The number of hydrogen-bond donors (Lipinski definition) is 1. The molecular formula is C7H9Cl2N3. The minimum absolute atomic E-state index is 0.238. The molecule has 0 spiro atoms. The molecule has 0 aliphatic heterocycles. The van der Waals surface area contributed by atoms with E-state index in [4.69, 9.17) is 28.9 Å². The molecule has 0 atom stereocenters. The van der Waals surface area contributed by atoms with Gasteiger partial charge >= 0.3 is 0 Å². The smallest absolute Gasteiger partial charge is 0.148 e. The van der Waals surface area contributed by atoms with Gasteiger partial charge in [0.05, 0.1) is 6.54 Å². The van der Waals surface area contributed by atoms with Crippen molar-refractivity contribution in [3.05, 3.63) is 22.3 Å². The normalized spacial score (nSPS) is 9.92. The Bertz CT molecular complexity index is 280. The van der Waals surface area contributed by atoms with Gasteiger partial charge in [-0.05, 0) is 13.0 Å². The van der Waals surface area contributed by atoms with Crippen LogP contribution in [-0.4, -0.2) is 9.78 Å². The monoisotopic (exact) mass is 205 g/mol. The maximum Gasteiger partial charge on any atom is 0.148 e. The number of allylic oxidation sites excluding steroid dienone is 1. The highest BCUT2D eigenvalue weighted by atomic mass is 35.5. The fourth-order valence-corrected chi connectivity index (χ4v) is 0.930. The van der Waals surface area contributed by atoms with Crippen LogP contribution in [0.2, 0.25) is 0 Å². The van der Waals surface area contributed by atoms with Crippen LogP contribution in [0.3, 0.4) is 0 Å². The van der Waals surface area contributed by atoms with Gasteiger partial charge in [-0.15, -0.1) is 0 Å². The summed E-state index contributed by atoms with van der Waals surface area (Å²) in [6.45, 7) is 2.44. The third kappa shape index (κ3) is 2.43. The van der Waals surface area contributed by atoms with E-state index in [1.165, 1.54) is 0 Å². The lowest BCUT2D eigenvalue weighted by Gasteiger charge is -1.92. The molecule has 12 heavy (non-hydrogen) atoms. The van der Waals surface area contributed by atoms with Crippen LogP contribution in [-0.2, 0) is 6.54 Å². The summed E-state index contributed by atoms with van der Waals surface area (Å²) in [5, 5.41) is 4.01. The Labute approximate surface area is 80.8 Å². The van der Waals surface area contributed by atoms with Gasteiger partial charge in [-0.3, -0.25) is 4.68 Å². The Kier molecular flexibility index (Phi) is 3.00. The van der Waals surface area contributed by atoms with Crippen LogP contribution >= 0.6 is 23.2 Å². The molecule has 0 saturated heterocycles. The van der Waals surface area contributed by atoms with Gasteiger partial charge in [0, 0.05) is 11.8 Å². The second-order valence-electron chi connectivity index (χ2n) is 2.41. The summed E-state index contributed by atoms with van der Waals surface area (Å²) in [6.07, 6.45) is 3.48. The van der Waals surface area contributed by atoms with Gasteiger partial charge in [-0.1, -0.05) is 23.2 Å². The molecule has 0 radical (unpaired) electrons. The van der Waals surface area contributed by atoms with Crippen molar-refractivity contribution < 1.29 is 0 Å². The zero-order valence-corrected chi connectivity index (χ0v) is 8.10.